The number of Topliss-reactive ketones (excluding diaryl/α,β-unsaturated/α-hetero) is 1. The van der Waals surface area contributed by atoms with E-state index in [0.29, 0.717) is 12.8 Å². The van der Waals surface area contributed by atoms with Gasteiger partial charge in [0.15, 0.2) is 5.60 Å². The fourth-order valence-electron chi connectivity index (χ4n) is 14.1. The average Bonchev–Trinajstić information content (AvgIpc) is 4.03. The van der Waals surface area contributed by atoms with Gasteiger partial charge in [0.25, 0.3) is 5.91 Å². The van der Waals surface area contributed by atoms with Crippen LogP contribution in [0.4, 0.5) is 0 Å². The molecule has 14 heteroatoms. The van der Waals surface area contributed by atoms with Crippen LogP contribution in [0.25, 0.3) is 0 Å². The van der Waals surface area contributed by atoms with Crippen LogP contribution in [0.1, 0.15) is 74.6 Å². The van der Waals surface area contributed by atoms with Gasteiger partial charge in [-0.2, -0.15) is 0 Å². The number of ketones is 1. The highest BCUT2D eigenvalue weighted by atomic mass is 16.8. The molecule has 8 aliphatic rings. The Hall–Kier alpha value is -2.98. The number of fused-ring (bicyclic) bond motifs is 9. The number of methoxy groups -OCH3 is 1. The second kappa shape index (κ2) is 10.9. The number of ether oxygens (including phenoxy) is 4. The number of benzene rings is 1. The molecule has 1 amide bonds. The molecule has 20 atom stereocenters. The molecule has 0 bridgehead atoms. The number of carbonyl (C=O) groups excluding carboxylic acids is 4. The number of nitrogens with one attached hydrogen (secondary N) is 1. The number of hydrogen-bond acceptors (Lipinski definition) is 13. The van der Waals surface area contributed by atoms with Crippen LogP contribution < -0.4 is 5.32 Å². The molecule has 1 aromatic rings. The molecule has 3 heterocycles. The van der Waals surface area contributed by atoms with Crippen LogP contribution in [0.2, 0.25) is 0 Å². The SMILES string of the molecule is CC[C@@]12[C@H](C[C@@H]3O[C@@H]3[C@@H]1O)[C@H](NC(=O)c1cccc(C(=O)OC)c1)[C@H](O)[C@H]1[C@@H]3[C@@H](O)[C@@H]4[C@H]([C@H](C)[C@H]5O[C@]56OC(=O)[C@@](C)(O)[C@]46C)[C@@]3(C(C)=O)[C@@H](O)C[C@@H]12. The van der Waals surface area contributed by atoms with E-state index >= 15 is 0 Å². The van der Waals surface area contributed by atoms with Crippen molar-refractivity contribution in [3.05, 3.63) is 35.4 Å². The number of hydrogen-bond donors (Lipinski definition) is 6. The molecule has 14 nitrogen and oxygen atoms in total. The summed E-state index contributed by atoms with van der Waals surface area (Å²) < 4.78 is 22.8. The summed E-state index contributed by atoms with van der Waals surface area (Å²) in [7, 11) is 1.24. The number of rotatable bonds is 5. The van der Waals surface area contributed by atoms with Crippen molar-refractivity contribution in [2.75, 3.05) is 7.11 Å². The first-order valence-corrected chi connectivity index (χ1v) is 18.9. The van der Waals surface area contributed by atoms with Crippen molar-refractivity contribution in [3.63, 3.8) is 0 Å². The molecular weight excluding hydrogens is 690 g/mol. The van der Waals surface area contributed by atoms with Gasteiger partial charge in [0.1, 0.15) is 18.0 Å². The highest BCUT2D eigenvalue weighted by Crippen LogP contribution is 2.80. The van der Waals surface area contributed by atoms with Gasteiger partial charge in [-0.15, -0.1) is 0 Å². The summed E-state index contributed by atoms with van der Waals surface area (Å²) in [6.07, 6.45) is -5.89. The lowest BCUT2D eigenvalue weighted by molar-refractivity contribution is -0.244. The van der Waals surface area contributed by atoms with Gasteiger partial charge < -0.3 is 49.8 Å². The first-order chi connectivity index (χ1) is 24.9. The lowest BCUT2D eigenvalue weighted by Gasteiger charge is -2.66. The van der Waals surface area contributed by atoms with Crippen LogP contribution in [-0.4, -0.2) is 116 Å². The van der Waals surface area contributed by atoms with Crippen molar-refractivity contribution in [1.82, 2.24) is 5.32 Å². The molecule has 1 spiro atoms. The number of aliphatic hydroxyl groups is 5. The Morgan fingerprint density at radius 3 is 2.36 bits per heavy atom. The van der Waals surface area contributed by atoms with E-state index in [4.69, 9.17) is 18.9 Å². The Labute approximate surface area is 306 Å². The second-order valence-electron chi connectivity index (χ2n) is 17.7. The summed E-state index contributed by atoms with van der Waals surface area (Å²) >= 11 is 0. The summed E-state index contributed by atoms with van der Waals surface area (Å²) in [5.41, 5.74) is -6.05. The first-order valence-electron chi connectivity index (χ1n) is 18.9. The van der Waals surface area contributed by atoms with E-state index in [0.717, 1.165) is 0 Å². The third-order valence-electron chi connectivity index (χ3n) is 16.5. The molecule has 288 valence electrons. The fourth-order valence-corrected chi connectivity index (χ4v) is 14.1. The minimum absolute atomic E-state index is 0.0142. The second-order valence-corrected chi connectivity index (χ2v) is 17.7. The minimum atomic E-state index is -2.13. The van der Waals surface area contributed by atoms with E-state index in [1.165, 1.54) is 39.2 Å². The maximum atomic E-state index is 14.5. The lowest BCUT2D eigenvalue weighted by atomic mass is 9.39. The Balaban J connectivity index is 1.20. The molecule has 0 unspecified atom stereocenters. The van der Waals surface area contributed by atoms with Gasteiger partial charge in [-0.25, -0.2) is 9.59 Å². The van der Waals surface area contributed by atoms with Crippen LogP contribution in [0.3, 0.4) is 0 Å². The zero-order valence-electron chi connectivity index (χ0n) is 30.6. The maximum Gasteiger partial charge on any atom is 0.341 e. The van der Waals surface area contributed by atoms with Gasteiger partial charge in [-0.3, -0.25) is 9.59 Å². The Morgan fingerprint density at radius 2 is 1.70 bits per heavy atom. The predicted octanol–water partition coefficient (Wildman–Crippen LogP) is 0.345. The van der Waals surface area contributed by atoms with E-state index in [9.17, 15) is 44.7 Å². The van der Waals surface area contributed by atoms with Crippen molar-refractivity contribution in [3.8, 4) is 0 Å². The van der Waals surface area contributed by atoms with Gasteiger partial charge in [0, 0.05) is 22.8 Å². The largest absolute Gasteiger partial charge is 0.465 e. The van der Waals surface area contributed by atoms with Crippen LogP contribution in [0, 0.1) is 57.7 Å². The third-order valence-corrected chi connectivity index (χ3v) is 16.5. The number of carbonyl (C=O) groups is 4. The molecule has 5 aliphatic carbocycles. The zero-order valence-corrected chi connectivity index (χ0v) is 30.6. The van der Waals surface area contributed by atoms with Gasteiger partial charge >= 0.3 is 11.9 Å². The van der Waals surface area contributed by atoms with Gasteiger partial charge in [-0.05, 0) is 87.8 Å². The maximum absolute atomic E-state index is 14.5. The molecule has 3 aliphatic heterocycles. The molecule has 8 fully saturated rings. The summed E-state index contributed by atoms with van der Waals surface area (Å²) in [5.74, 6) is -9.58. The van der Waals surface area contributed by atoms with E-state index in [-0.39, 0.29) is 23.7 Å². The number of aliphatic hydroxyl groups excluding tert-OH is 4. The predicted molar refractivity (Wildman–Crippen MR) is 179 cm³/mol. The summed E-state index contributed by atoms with van der Waals surface area (Å²) in [6, 6.07) is 4.99. The van der Waals surface area contributed by atoms with Crippen LogP contribution in [0.5, 0.6) is 0 Å². The molecule has 0 radical (unpaired) electrons. The van der Waals surface area contributed by atoms with Gasteiger partial charge in [0.2, 0.25) is 5.79 Å². The topological polar surface area (TPSA) is 225 Å². The Morgan fingerprint density at radius 1 is 1.00 bits per heavy atom. The standard InChI is InChI=1S/C39H49NO13/c1-7-37-18-13-21(42)38(15(3)41)23-14(2)31-39(52-31)35(4,36(5,49)34(48)53-39)25(23)28(44)24(38)22(18)27(43)26(19(37)12-20-29(51-20)30(37)45)40-32(46)16-9-8-10-17(11-16)33(47)50-6/h8-11,14,18-31,42-45,49H,7,12-13H2,1-6H3,(H,40,46)/t14-,18-,19+,20-,21-,22+,23-,24+,25-,26-,27+,28+,29-,30-,31+,35-,36+,37+,38+,39-/m0/s1. The van der Waals surface area contributed by atoms with Gasteiger partial charge in [-0.1, -0.05) is 19.9 Å². The summed E-state index contributed by atoms with van der Waals surface area (Å²) in [4.78, 5) is 54.2. The molecule has 1 aromatic carbocycles. The number of amides is 1. The van der Waals surface area contributed by atoms with E-state index in [2.05, 4.69) is 5.32 Å². The quantitative estimate of drug-likeness (QED) is 0.177. The zero-order chi connectivity index (χ0) is 38.1. The van der Waals surface area contributed by atoms with Crippen molar-refractivity contribution in [1.29, 1.82) is 0 Å². The van der Waals surface area contributed by atoms with E-state index in [1.807, 2.05) is 13.8 Å². The fraction of sp³-hybridized carbons (Fsp3) is 0.744. The van der Waals surface area contributed by atoms with Crippen molar-refractivity contribution < 1.29 is 63.7 Å². The number of epoxide rings is 2. The molecule has 0 aromatic heterocycles. The molecular formula is C39H49NO13. The van der Waals surface area contributed by atoms with Crippen LogP contribution >= 0.6 is 0 Å². The average molecular weight is 740 g/mol. The molecule has 9 rings (SSSR count). The Bertz CT molecular complexity index is 1820. The molecule has 5 saturated carbocycles. The monoisotopic (exact) mass is 739 g/mol. The van der Waals surface area contributed by atoms with Crippen molar-refractivity contribution in [2.24, 2.45) is 57.7 Å². The first kappa shape index (κ1) is 35.7. The summed E-state index contributed by atoms with van der Waals surface area (Å²) in [6.45, 7) is 8.12. The highest BCUT2D eigenvalue weighted by Gasteiger charge is 2.93. The molecule has 6 N–H and O–H groups in total. The van der Waals surface area contributed by atoms with Gasteiger partial charge in [0.05, 0.1) is 60.1 Å². The van der Waals surface area contributed by atoms with Crippen LogP contribution in [0.15, 0.2) is 24.3 Å². The molecule has 53 heavy (non-hydrogen) atoms. The van der Waals surface area contributed by atoms with Crippen molar-refractivity contribution in [2.45, 2.75) is 114 Å². The van der Waals surface area contributed by atoms with E-state index in [1.54, 1.807) is 13.0 Å². The van der Waals surface area contributed by atoms with Crippen LogP contribution in [-0.2, 0) is 28.5 Å². The Kier molecular flexibility index (Phi) is 7.32. The van der Waals surface area contributed by atoms with Crippen molar-refractivity contribution >= 4 is 23.6 Å². The smallest absolute Gasteiger partial charge is 0.341 e. The third kappa shape index (κ3) is 3.84. The van der Waals surface area contributed by atoms with E-state index < -0.39 is 135 Å². The number of esters is 2. The lowest BCUT2D eigenvalue weighted by Crippen LogP contribution is -2.74. The summed E-state index contributed by atoms with van der Waals surface area (Å²) in [5, 5.41) is 65.5. The minimum Gasteiger partial charge on any atom is -0.465 e. The highest BCUT2D eigenvalue weighted by molar-refractivity contribution is 5.98. The molecule has 3 saturated heterocycles. The normalized spacial score (nSPS) is 55.1.